The fourth-order valence-electron chi connectivity index (χ4n) is 1.60. The van der Waals surface area contributed by atoms with Crippen molar-refractivity contribution in [2.45, 2.75) is 52.4 Å². The summed E-state index contributed by atoms with van der Waals surface area (Å²) in [6, 6.07) is 0. The molecule has 2 N–H and O–H groups in total. The van der Waals surface area contributed by atoms with Crippen molar-refractivity contribution in [1.29, 1.82) is 0 Å². The molecule has 5 nitrogen and oxygen atoms in total. The van der Waals surface area contributed by atoms with E-state index in [1.165, 1.54) is 20.0 Å². The van der Waals surface area contributed by atoms with Gasteiger partial charge in [-0.1, -0.05) is 19.8 Å². The first-order valence-electron chi connectivity index (χ1n) is 7.33. The highest BCUT2D eigenvalue weighted by Gasteiger charge is 2.00. The molecule has 0 bridgehead atoms. The van der Waals surface area contributed by atoms with E-state index in [1.807, 2.05) is 0 Å². The fraction of sp³-hybridized carbons (Fsp3) is 0.857. The van der Waals surface area contributed by atoms with E-state index >= 15 is 0 Å². The van der Waals surface area contributed by atoms with E-state index in [2.05, 4.69) is 34.2 Å². The van der Waals surface area contributed by atoms with Gasteiger partial charge in [0, 0.05) is 26.1 Å². The second kappa shape index (κ2) is 13.2. The number of guanidine groups is 1. The molecular formula is C14H29N3O2. The number of unbranched alkanes of at least 4 members (excludes halogenated alkanes) is 3. The van der Waals surface area contributed by atoms with Crippen molar-refractivity contribution in [3.8, 4) is 0 Å². The van der Waals surface area contributed by atoms with Crippen LogP contribution >= 0.6 is 0 Å². The van der Waals surface area contributed by atoms with Gasteiger partial charge in [-0.3, -0.25) is 9.79 Å². The number of hydrogen-bond acceptors (Lipinski definition) is 3. The summed E-state index contributed by atoms with van der Waals surface area (Å²) in [5.41, 5.74) is 0. The van der Waals surface area contributed by atoms with Crippen molar-refractivity contribution in [2.24, 2.45) is 4.99 Å². The van der Waals surface area contributed by atoms with Crippen LogP contribution in [0.4, 0.5) is 0 Å². The van der Waals surface area contributed by atoms with Crippen LogP contribution in [0.3, 0.4) is 0 Å². The van der Waals surface area contributed by atoms with Gasteiger partial charge in [0.25, 0.3) is 0 Å². The van der Waals surface area contributed by atoms with E-state index in [9.17, 15) is 4.79 Å². The quantitative estimate of drug-likeness (QED) is 0.276. The molecular weight excluding hydrogens is 242 g/mol. The number of hydrogen-bond donors (Lipinski definition) is 2. The zero-order valence-electron chi connectivity index (χ0n) is 12.6. The lowest BCUT2D eigenvalue weighted by molar-refractivity contribution is -0.140. The van der Waals surface area contributed by atoms with E-state index in [0.717, 1.165) is 44.9 Å². The van der Waals surface area contributed by atoms with Crippen LogP contribution in [0.1, 0.15) is 52.4 Å². The fourth-order valence-corrected chi connectivity index (χ4v) is 1.60. The monoisotopic (exact) mass is 271 g/mol. The maximum Gasteiger partial charge on any atom is 0.305 e. The second-order valence-electron chi connectivity index (χ2n) is 4.43. The number of nitrogens with one attached hydrogen (secondary N) is 2. The SMILES string of the molecule is CCCCCN=C(NCC)NCCCCC(=O)OC. The average Bonchev–Trinajstić information content (AvgIpc) is 2.42. The lowest BCUT2D eigenvalue weighted by atomic mass is 10.2. The summed E-state index contributed by atoms with van der Waals surface area (Å²) in [5.74, 6) is 0.733. The predicted octanol–water partition coefficient (Wildman–Crippen LogP) is 2.07. The van der Waals surface area contributed by atoms with Gasteiger partial charge in [0.1, 0.15) is 0 Å². The lowest BCUT2D eigenvalue weighted by Gasteiger charge is -2.10. The van der Waals surface area contributed by atoms with Crippen molar-refractivity contribution in [1.82, 2.24) is 10.6 Å². The summed E-state index contributed by atoms with van der Waals surface area (Å²) in [5, 5.41) is 6.49. The molecule has 0 atom stereocenters. The Balaban J connectivity index is 3.72. The molecule has 0 aromatic carbocycles. The van der Waals surface area contributed by atoms with Gasteiger partial charge in [0.2, 0.25) is 0 Å². The van der Waals surface area contributed by atoms with Crippen molar-refractivity contribution in [3.63, 3.8) is 0 Å². The number of methoxy groups -OCH3 is 1. The van der Waals surface area contributed by atoms with Crippen molar-refractivity contribution >= 4 is 11.9 Å². The van der Waals surface area contributed by atoms with Crippen molar-refractivity contribution in [3.05, 3.63) is 0 Å². The van der Waals surface area contributed by atoms with Crippen molar-refractivity contribution in [2.75, 3.05) is 26.7 Å². The molecule has 5 heteroatoms. The Hall–Kier alpha value is -1.26. The number of carbonyl (C=O) groups excluding carboxylic acids is 1. The largest absolute Gasteiger partial charge is 0.469 e. The summed E-state index contributed by atoms with van der Waals surface area (Å²) >= 11 is 0. The van der Waals surface area contributed by atoms with E-state index in [-0.39, 0.29) is 5.97 Å². The molecule has 0 fully saturated rings. The summed E-state index contributed by atoms with van der Waals surface area (Å²) in [6.45, 7) is 6.80. The van der Waals surface area contributed by atoms with Crippen molar-refractivity contribution < 1.29 is 9.53 Å². The Labute approximate surface area is 117 Å². The third-order valence-corrected chi connectivity index (χ3v) is 2.70. The van der Waals surface area contributed by atoms with Crippen LogP contribution in [0.5, 0.6) is 0 Å². The van der Waals surface area contributed by atoms with Crippen LogP contribution in [-0.2, 0) is 9.53 Å². The molecule has 0 aliphatic rings. The normalized spacial score (nSPS) is 11.2. The van der Waals surface area contributed by atoms with Gasteiger partial charge >= 0.3 is 5.97 Å². The molecule has 0 radical (unpaired) electrons. The molecule has 112 valence electrons. The molecule has 0 saturated heterocycles. The molecule has 19 heavy (non-hydrogen) atoms. The second-order valence-corrected chi connectivity index (χ2v) is 4.43. The van der Waals surface area contributed by atoms with Gasteiger partial charge in [0.05, 0.1) is 7.11 Å². The maximum atomic E-state index is 10.9. The molecule has 0 aliphatic carbocycles. The number of rotatable bonds is 10. The number of ether oxygens (including phenoxy) is 1. The number of esters is 1. The number of aliphatic imine (C=N–C) groups is 1. The maximum absolute atomic E-state index is 10.9. The third kappa shape index (κ3) is 11.6. The van der Waals surface area contributed by atoms with Crippen LogP contribution in [-0.4, -0.2) is 38.7 Å². The lowest BCUT2D eigenvalue weighted by Crippen LogP contribution is -2.37. The Morgan fingerprint density at radius 2 is 1.89 bits per heavy atom. The zero-order chi connectivity index (χ0) is 14.3. The minimum Gasteiger partial charge on any atom is -0.469 e. The van der Waals surface area contributed by atoms with Gasteiger partial charge in [-0.2, -0.15) is 0 Å². The summed E-state index contributed by atoms with van der Waals surface area (Å²) < 4.78 is 4.60. The first kappa shape index (κ1) is 17.7. The summed E-state index contributed by atoms with van der Waals surface area (Å²) in [7, 11) is 1.42. The molecule has 0 spiro atoms. The van der Waals surface area contributed by atoms with Gasteiger partial charge in [-0.15, -0.1) is 0 Å². The van der Waals surface area contributed by atoms with Crippen LogP contribution in [0, 0.1) is 0 Å². The highest BCUT2D eigenvalue weighted by molar-refractivity contribution is 5.79. The Morgan fingerprint density at radius 3 is 2.53 bits per heavy atom. The van der Waals surface area contributed by atoms with E-state index < -0.39 is 0 Å². The topological polar surface area (TPSA) is 62.7 Å². The van der Waals surface area contributed by atoms with Gasteiger partial charge in [-0.05, 0) is 26.2 Å². The first-order chi connectivity index (χ1) is 9.24. The first-order valence-corrected chi connectivity index (χ1v) is 7.33. The molecule has 0 rings (SSSR count). The standard InChI is InChI=1S/C14H29N3O2/c1-4-6-8-11-16-14(15-5-2)17-12-9-7-10-13(18)19-3/h4-12H2,1-3H3,(H2,15,16,17). The van der Waals surface area contributed by atoms with Crippen LogP contribution in [0.15, 0.2) is 4.99 Å². The van der Waals surface area contributed by atoms with E-state index in [1.54, 1.807) is 0 Å². The van der Waals surface area contributed by atoms with Crippen LogP contribution in [0.25, 0.3) is 0 Å². The summed E-state index contributed by atoms with van der Waals surface area (Å²) in [6.07, 6.45) is 5.84. The minimum atomic E-state index is -0.139. The summed E-state index contributed by atoms with van der Waals surface area (Å²) in [4.78, 5) is 15.4. The highest BCUT2D eigenvalue weighted by Crippen LogP contribution is 1.96. The zero-order valence-corrected chi connectivity index (χ0v) is 12.6. The molecule has 0 saturated carbocycles. The highest BCUT2D eigenvalue weighted by atomic mass is 16.5. The Kier molecular flexibility index (Phi) is 12.3. The average molecular weight is 271 g/mol. The molecule has 0 heterocycles. The van der Waals surface area contributed by atoms with Gasteiger partial charge in [0.15, 0.2) is 5.96 Å². The van der Waals surface area contributed by atoms with Crippen LogP contribution < -0.4 is 10.6 Å². The molecule has 0 aliphatic heterocycles. The molecule has 0 aromatic rings. The number of carbonyl (C=O) groups is 1. The number of nitrogens with zero attached hydrogens (tertiary/aromatic N) is 1. The predicted molar refractivity (Wildman–Crippen MR) is 79.4 cm³/mol. The van der Waals surface area contributed by atoms with E-state index in [4.69, 9.17) is 0 Å². The Bertz CT molecular complexity index is 255. The molecule has 0 aromatic heterocycles. The van der Waals surface area contributed by atoms with Gasteiger partial charge < -0.3 is 15.4 Å². The van der Waals surface area contributed by atoms with E-state index in [0.29, 0.717) is 6.42 Å². The molecule has 0 amide bonds. The van der Waals surface area contributed by atoms with Gasteiger partial charge in [-0.25, -0.2) is 0 Å². The minimum absolute atomic E-state index is 0.139. The van der Waals surface area contributed by atoms with Crippen LogP contribution in [0.2, 0.25) is 0 Å². The third-order valence-electron chi connectivity index (χ3n) is 2.70. The smallest absolute Gasteiger partial charge is 0.305 e. The Morgan fingerprint density at radius 1 is 1.11 bits per heavy atom. The molecule has 0 unspecified atom stereocenters.